The monoisotopic (exact) mass is 444 g/mol. The first kappa shape index (κ1) is 22.2. The molecule has 9 heteroatoms. The van der Waals surface area contributed by atoms with Crippen molar-refractivity contribution in [3.8, 4) is 11.4 Å². The third kappa shape index (κ3) is 5.45. The molecule has 0 N–H and O–H groups in total. The van der Waals surface area contributed by atoms with Gasteiger partial charge in [0.15, 0.2) is 0 Å². The van der Waals surface area contributed by atoms with Crippen LogP contribution in [-0.2, 0) is 4.79 Å². The lowest BCUT2D eigenvalue weighted by molar-refractivity contribution is -0.130. The van der Waals surface area contributed by atoms with Gasteiger partial charge in [0.1, 0.15) is 5.03 Å². The van der Waals surface area contributed by atoms with Gasteiger partial charge in [-0.25, -0.2) is 4.98 Å². The molecule has 0 unspecified atom stereocenters. The fraction of sp³-hybridized carbons (Fsp3) is 0.636. The fourth-order valence-electron chi connectivity index (χ4n) is 4.17. The standard InChI is InChI=1S/C22H32N6O2S/c1-16(2)21-24-20(25-30-21)18-5-4-8-23-22(18)31-15-19(29)28-13-11-27(12-14-28)17-6-9-26(3)10-7-17/h4-5,8,16-17H,6-7,9-15H2,1-3H3. The molecule has 1 amide bonds. The summed E-state index contributed by atoms with van der Waals surface area (Å²) >= 11 is 1.45. The predicted octanol–water partition coefficient (Wildman–Crippen LogP) is 2.59. The number of rotatable bonds is 6. The Kier molecular flexibility index (Phi) is 7.24. The van der Waals surface area contributed by atoms with Crippen LogP contribution < -0.4 is 0 Å². The van der Waals surface area contributed by atoms with Crippen LogP contribution in [0.15, 0.2) is 27.9 Å². The van der Waals surface area contributed by atoms with Crippen molar-refractivity contribution in [2.45, 2.75) is 43.7 Å². The molecule has 168 valence electrons. The van der Waals surface area contributed by atoms with Gasteiger partial charge in [-0.3, -0.25) is 9.69 Å². The third-order valence-corrected chi connectivity index (χ3v) is 7.14. The first-order chi connectivity index (χ1) is 15.0. The number of aromatic nitrogens is 3. The number of carbonyl (C=O) groups is 1. The summed E-state index contributed by atoms with van der Waals surface area (Å²) in [6.07, 6.45) is 4.20. The number of hydrogen-bond donors (Lipinski definition) is 0. The highest BCUT2D eigenvalue weighted by Crippen LogP contribution is 2.29. The molecule has 0 spiro atoms. The van der Waals surface area contributed by atoms with E-state index in [2.05, 4.69) is 32.0 Å². The average molecular weight is 445 g/mol. The van der Waals surface area contributed by atoms with Crippen LogP contribution in [0.3, 0.4) is 0 Å². The van der Waals surface area contributed by atoms with Gasteiger partial charge in [0.25, 0.3) is 0 Å². The van der Waals surface area contributed by atoms with E-state index in [4.69, 9.17) is 4.52 Å². The maximum atomic E-state index is 12.8. The van der Waals surface area contributed by atoms with E-state index in [1.54, 1.807) is 6.20 Å². The molecular formula is C22H32N6O2S. The Balaban J connectivity index is 1.30. The fourth-order valence-corrected chi connectivity index (χ4v) is 5.07. The molecule has 8 nitrogen and oxygen atoms in total. The van der Waals surface area contributed by atoms with Crippen LogP contribution in [-0.4, -0.2) is 93.8 Å². The lowest BCUT2D eigenvalue weighted by Gasteiger charge is -2.42. The van der Waals surface area contributed by atoms with Crippen LogP contribution in [0.2, 0.25) is 0 Å². The summed E-state index contributed by atoms with van der Waals surface area (Å²) in [6, 6.07) is 4.45. The number of piperidine rings is 1. The molecule has 2 aliphatic rings. The highest BCUT2D eigenvalue weighted by Gasteiger charge is 2.28. The van der Waals surface area contributed by atoms with Crippen molar-refractivity contribution < 1.29 is 9.32 Å². The van der Waals surface area contributed by atoms with Crippen LogP contribution in [0.1, 0.15) is 38.5 Å². The Labute approximate surface area is 188 Å². The number of nitrogens with zero attached hydrogens (tertiary/aromatic N) is 6. The Morgan fingerprint density at radius 2 is 1.94 bits per heavy atom. The van der Waals surface area contributed by atoms with Crippen LogP contribution in [0.25, 0.3) is 11.4 Å². The minimum atomic E-state index is 0.167. The molecule has 2 aromatic heterocycles. The number of pyridine rings is 1. The zero-order valence-electron chi connectivity index (χ0n) is 18.7. The van der Waals surface area contributed by atoms with Crippen LogP contribution in [0.4, 0.5) is 0 Å². The van der Waals surface area contributed by atoms with E-state index in [9.17, 15) is 4.79 Å². The summed E-state index contributed by atoms with van der Waals surface area (Å²) in [4.78, 5) is 28.8. The lowest BCUT2D eigenvalue weighted by Crippen LogP contribution is -2.54. The van der Waals surface area contributed by atoms with Gasteiger partial charge in [-0.1, -0.05) is 30.8 Å². The molecule has 0 bridgehead atoms. The summed E-state index contributed by atoms with van der Waals surface area (Å²) in [5, 5.41) is 4.86. The van der Waals surface area contributed by atoms with Crippen LogP contribution >= 0.6 is 11.8 Å². The largest absolute Gasteiger partial charge is 0.339 e. The summed E-state index contributed by atoms with van der Waals surface area (Å²) in [5.41, 5.74) is 0.808. The highest BCUT2D eigenvalue weighted by molar-refractivity contribution is 8.00. The van der Waals surface area contributed by atoms with Crippen molar-refractivity contribution in [2.24, 2.45) is 0 Å². The normalized spacial score (nSPS) is 19.3. The molecular weight excluding hydrogens is 412 g/mol. The molecule has 4 rings (SSSR count). The van der Waals surface area contributed by atoms with Crippen molar-refractivity contribution in [1.29, 1.82) is 0 Å². The summed E-state index contributed by atoms with van der Waals surface area (Å²) < 4.78 is 5.34. The zero-order chi connectivity index (χ0) is 21.8. The summed E-state index contributed by atoms with van der Waals surface area (Å²) in [7, 11) is 2.19. The van der Waals surface area contributed by atoms with E-state index in [-0.39, 0.29) is 11.8 Å². The second-order valence-electron chi connectivity index (χ2n) is 8.71. The summed E-state index contributed by atoms with van der Waals surface area (Å²) in [5.74, 6) is 1.84. The van der Waals surface area contributed by atoms with E-state index < -0.39 is 0 Å². The molecule has 2 aliphatic heterocycles. The Bertz CT molecular complexity index is 872. The zero-order valence-corrected chi connectivity index (χ0v) is 19.5. The van der Waals surface area contributed by atoms with Crippen molar-refractivity contribution in [3.05, 3.63) is 24.2 Å². The third-order valence-electron chi connectivity index (χ3n) is 6.15. The van der Waals surface area contributed by atoms with Gasteiger partial charge in [-0.15, -0.1) is 0 Å². The Morgan fingerprint density at radius 1 is 1.19 bits per heavy atom. The van der Waals surface area contributed by atoms with Gasteiger partial charge in [0, 0.05) is 44.3 Å². The number of hydrogen-bond acceptors (Lipinski definition) is 8. The molecule has 0 aliphatic carbocycles. The lowest BCUT2D eigenvalue weighted by atomic mass is 10.0. The Morgan fingerprint density at radius 3 is 2.61 bits per heavy atom. The van der Waals surface area contributed by atoms with Gasteiger partial charge in [-0.05, 0) is 45.1 Å². The minimum Gasteiger partial charge on any atom is -0.339 e. The number of thioether (sulfide) groups is 1. The number of carbonyl (C=O) groups excluding carboxylic acids is 1. The number of amides is 1. The highest BCUT2D eigenvalue weighted by atomic mass is 32.2. The molecule has 31 heavy (non-hydrogen) atoms. The molecule has 2 fully saturated rings. The first-order valence-electron chi connectivity index (χ1n) is 11.1. The van der Waals surface area contributed by atoms with Crippen LogP contribution in [0, 0.1) is 0 Å². The van der Waals surface area contributed by atoms with Gasteiger partial charge < -0.3 is 14.3 Å². The van der Waals surface area contributed by atoms with E-state index >= 15 is 0 Å². The van der Waals surface area contributed by atoms with E-state index in [1.165, 1.54) is 37.7 Å². The molecule has 0 aromatic carbocycles. The van der Waals surface area contributed by atoms with Crippen molar-refractivity contribution in [2.75, 3.05) is 52.1 Å². The predicted molar refractivity (Wildman–Crippen MR) is 121 cm³/mol. The van der Waals surface area contributed by atoms with E-state index in [0.717, 1.165) is 36.8 Å². The SMILES string of the molecule is CC(C)c1nc(-c2cccnc2SCC(=O)N2CCN(C3CCN(C)CC3)CC2)no1. The molecule has 0 radical (unpaired) electrons. The second kappa shape index (κ2) is 10.1. The average Bonchev–Trinajstić information content (AvgIpc) is 3.29. The first-order valence-corrected chi connectivity index (χ1v) is 12.1. The second-order valence-corrected chi connectivity index (χ2v) is 9.67. The van der Waals surface area contributed by atoms with Crippen LogP contribution in [0.5, 0.6) is 0 Å². The van der Waals surface area contributed by atoms with Crippen molar-refractivity contribution >= 4 is 17.7 Å². The van der Waals surface area contributed by atoms with Gasteiger partial charge in [-0.2, -0.15) is 4.98 Å². The molecule has 2 aromatic rings. The topological polar surface area (TPSA) is 78.6 Å². The molecule has 4 heterocycles. The van der Waals surface area contributed by atoms with Gasteiger partial charge in [0.2, 0.25) is 17.6 Å². The quantitative estimate of drug-likeness (QED) is 0.629. The number of piperazine rings is 1. The maximum absolute atomic E-state index is 12.8. The summed E-state index contributed by atoms with van der Waals surface area (Å²) in [6.45, 7) is 9.94. The molecule has 0 saturated carbocycles. The maximum Gasteiger partial charge on any atom is 0.233 e. The smallest absolute Gasteiger partial charge is 0.233 e. The van der Waals surface area contributed by atoms with Crippen molar-refractivity contribution in [1.82, 2.24) is 29.8 Å². The van der Waals surface area contributed by atoms with Gasteiger partial charge in [0.05, 0.1) is 11.3 Å². The van der Waals surface area contributed by atoms with E-state index in [0.29, 0.717) is 23.5 Å². The number of likely N-dealkylation sites (tertiary alicyclic amines) is 1. The van der Waals surface area contributed by atoms with Gasteiger partial charge >= 0.3 is 0 Å². The molecule has 0 atom stereocenters. The van der Waals surface area contributed by atoms with E-state index in [1.807, 2.05) is 30.9 Å². The Hall–Kier alpha value is -1.97. The van der Waals surface area contributed by atoms with Crippen molar-refractivity contribution in [3.63, 3.8) is 0 Å². The minimum absolute atomic E-state index is 0.167. The molecule has 2 saturated heterocycles.